The molecule has 0 radical (unpaired) electrons. The van der Waals surface area contributed by atoms with Crippen LogP contribution in [0.25, 0.3) is 0 Å². The molecule has 0 spiro atoms. The molecule has 0 aliphatic heterocycles. The van der Waals surface area contributed by atoms with Crippen LogP contribution in [0.2, 0.25) is 0 Å². The topological polar surface area (TPSA) is 66.0 Å². The molecule has 0 saturated heterocycles. The van der Waals surface area contributed by atoms with Gasteiger partial charge in [-0.25, -0.2) is 4.98 Å². The second-order valence-corrected chi connectivity index (χ2v) is 4.60. The second kappa shape index (κ2) is 4.68. The number of aromatic amines is 1. The highest BCUT2D eigenvalue weighted by Crippen LogP contribution is 2.33. The second-order valence-electron chi connectivity index (χ2n) is 4.60. The predicted molar refractivity (Wildman–Crippen MR) is 60.5 cm³/mol. The SMILES string of the molecule is Cc1[nH]c(CC(=O)O)nc1C1CCCCC1. The standard InChI is InChI=1S/C12H18N2O2/c1-8-12(9-5-3-2-4-6-9)14-10(13-8)7-11(15)16/h9H,2-7H2,1H3,(H,13,14)(H,15,16). The van der Waals surface area contributed by atoms with Crippen molar-refractivity contribution in [3.05, 3.63) is 17.2 Å². The summed E-state index contributed by atoms with van der Waals surface area (Å²) in [6.07, 6.45) is 6.24. The van der Waals surface area contributed by atoms with Crippen molar-refractivity contribution >= 4 is 5.97 Å². The van der Waals surface area contributed by atoms with Crippen molar-refractivity contribution in [1.82, 2.24) is 9.97 Å². The van der Waals surface area contributed by atoms with Crippen LogP contribution in [0.5, 0.6) is 0 Å². The fraction of sp³-hybridized carbons (Fsp3) is 0.667. The lowest BCUT2D eigenvalue weighted by Crippen LogP contribution is -2.06. The van der Waals surface area contributed by atoms with Crippen LogP contribution in [0.4, 0.5) is 0 Å². The largest absolute Gasteiger partial charge is 0.481 e. The number of carboxylic acids is 1. The number of nitrogens with one attached hydrogen (secondary N) is 1. The highest BCUT2D eigenvalue weighted by Gasteiger charge is 2.21. The zero-order valence-corrected chi connectivity index (χ0v) is 9.62. The summed E-state index contributed by atoms with van der Waals surface area (Å²) in [6, 6.07) is 0. The van der Waals surface area contributed by atoms with E-state index in [1.165, 1.54) is 32.1 Å². The van der Waals surface area contributed by atoms with Gasteiger partial charge in [0.15, 0.2) is 0 Å². The third-order valence-corrected chi connectivity index (χ3v) is 3.28. The predicted octanol–water partition coefficient (Wildman–Crippen LogP) is 2.39. The van der Waals surface area contributed by atoms with Gasteiger partial charge in [0, 0.05) is 11.6 Å². The number of carboxylic acid groups (broad SMARTS) is 1. The summed E-state index contributed by atoms with van der Waals surface area (Å²) in [5.74, 6) is 0.294. The Balaban J connectivity index is 2.13. The van der Waals surface area contributed by atoms with Crippen LogP contribution in [-0.2, 0) is 11.2 Å². The number of hydrogen-bond donors (Lipinski definition) is 2. The molecule has 16 heavy (non-hydrogen) atoms. The molecule has 0 bridgehead atoms. The summed E-state index contributed by atoms with van der Waals surface area (Å²) >= 11 is 0. The Morgan fingerprint density at radius 3 is 2.75 bits per heavy atom. The van der Waals surface area contributed by atoms with Gasteiger partial charge in [-0.1, -0.05) is 19.3 Å². The molecule has 1 fully saturated rings. The Hall–Kier alpha value is -1.32. The van der Waals surface area contributed by atoms with Gasteiger partial charge in [-0.2, -0.15) is 0 Å². The molecule has 0 atom stereocenters. The maximum Gasteiger partial charge on any atom is 0.311 e. The lowest BCUT2D eigenvalue weighted by molar-refractivity contribution is -0.136. The van der Waals surface area contributed by atoms with Gasteiger partial charge in [-0.3, -0.25) is 4.79 Å². The molecule has 2 rings (SSSR count). The van der Waals surface area contributed by atoms with Gasteiger partial charge in [0.25, 0.3) is 0 Å². The van der Waals surface area contributed by atoms with E-state index in [0.29, 0.717) is 11.7 Å². The number of imidazole rings is 1. The van der Waals surface area contributed by atoms with Gasteiger partial charge in [0.05, 0.1) is 5.69 Å². The summed E-state index contributed by atoms with van der Waals surface area (Å²) in [4.78, 5) is 18.1. The third kappa shape index (κ3) is 2.43. The fourth-order valence-electron chi connectivity index (χ4n) is 2.54. The molecule has 88 valence electrons. The van der Waals surface area contributed by atoms with E-state index in [9.17, 15) is 4.79 Å². The first kappa shape index (κ1) is 11.2. The first-order valence-corrected chi connectivity index (χ1v) is 5.94. The summed E-state index contributed by atoms with van der Waals surface area (Å²) in [7, 11) is 0. The Kier molecular flexibility index (Phi) is 3.27. The molecular formula is C12H18N2O2. The number of nitrogens with zero attached hydrogens (tertiary/aromatic N) is 1. The van der Waals surface area contributed by atoms with Crippen molar-refractivity contribution in [2.24, 2.45) is 0 Å². The van der Waals surface area contributed by atoms with Crippen LogP contribution in [0.15, 0.2) is 0 Å². The van der Waals surface area contributed by atoms with Crippen molar-refractivity contribution < 1.29 is 9.90 Å². The smallest absolute Gasteiger partial charge is 0.311 e. The lowest BCUT2D eigenvalue weighted by Gasteiger charge is -2.20. The van der Waals surface area contributed by atoms with E-state index in [1.807, 2.05) is 6.92 Å². The Morgan fingerprint density at radius 2 is 2.12 bits per heavy atom. The van der Waals surface area contributed by atoms with E-state index < -0.39 is 5.97 Å². The van der Waals surface area contributed by atoms with Gasteiger partial charge in [0.1, 0.15) is 12.2 Å². The van der Waals surface area contributed by atoms with Gasteiger partial charge < -0.3 is 10.1 Å². The van der Waals surface area contributed by atoms with E-state index in [1.54, 1.807) is 0 Å². The lowest BCUT2D eigenvalue weighted by atomic mass is 9.86. The highest BCUT2D eigenvalue weighted by atomic mass is 16.4. The van der Waals surface area contributed by atoms with Crippen LogP contribution in [0.3, 0.4) is 0 Å². The maximum absolute atomic E-state index is 10.6. The van der Waals surface area contributed by atoms with Crippen LogP contribution in [0, 0.1) is 6.92 Å². The molecule has 0 unspecified atom stereocenters. The average molecular weight is 222 g/mol. The van der Waals surface area contributed by atoms with Crippen molar-refractivity contribution in [2.75, 3.05) is 0 Å². The molecule has 1 aliphatic carbocycles. The number of aliphatic carboxylic acids is 1. The third-order valence-electron chi connectivity index (χ3n) is 3.28. The Labute approximate surface area is 95.1 Å². The van der Waals surface area contributed by atoms with Crippen LogP contribution in [-0.4, -0.2) is 21.0 Å². The van der Waals surface area contributed by atoms with Crippen LogP contribution >= 0.6 is 0 Å². The number of aryl methyl sites for hydroxylation is 1. The van der Waals surface area contributed by atoms with Gasteiger partial charge in [-0.15, -0.1) is 0 Å². The molecule has 1 saturated carbocycles. The van der Waals surface area contributed by atoms with Crippen molar-refractivity contribution in [3.63, 3.8) is 0 Å². The molecule has 0 aromatic carbocycles. The van der Waals surface area contributed by atoms with Crippen molar-refractivity contribution in [3.8, 4) is 0 Å². The van der Waals surface area contributed by atoms with E-state index >= 15 is 0 Å². The van der Waals surface area contributed by atoms with Crippen molar-refractivity contribution in [1.29, 1.82) is 0 Å². The Morgan fingerprint density at radius 1 is 1.44 bits per heavy atom. The average Bonchev–Trinajstić information content (AvgIpc) is 2.60. The van der Waals surface area contributed by atoms with Crippen LogP contribution < -0.4 is 0 Å². The van der Waals surface area contributed by atoms with Gasteiger partial charge in [-0.05, 0) is 19.8 Å². The number of rotatable bonds is 3. The molecule has 1 aromatic heterocycles. The van der Waals surface area contributed by atoms with E-state index in [-0.39, 0.29) is 6.42 Å². The monoisotopic (exact) mass is 222 g/mol. The number of carbonyl (C=O) groups is 1. The molecule has 4 nitrogen and oxygen atoms in total. The number of H-pyrrole nitrogens is 1. The maximum atomic E-state index is 10.6. The summed E-state index contributed by atoms with van der Waals surface area (Å²) < 4.78 is 0. The van der Waals surface area contributed by atoms with Crippen molar-refractivity contribution in [2.45, 2.75) is 51.4 Å². The summed E-state index contributed by atoms with van der Waals surface area (Å²) in [5, 5.41) is 8.72. The molecule has 2 N–H and O–H groups in total. The van der Waals surface area contributed by atoms with E-state index in [0.717, 1.165) is 11.4 Å². The first-order chi connectivity index (χ1) is 7.66. The van der Waals surface area contributed by atoms with Gasteiger partial charge in [0.2, 0.25) is 0 Å². The van der Waals surface area contributed by atoms with Gasteiger partial charge >= 0.3 is 5.97 Å². The van der Waals surface area contributed by atoms with E-state index in [2.05, 4.69) is 9.97 Å². The normalized spacial score (nSPS) is 17.6. The Bertz CT molecular complexity index is 378. The minimum Gasteiger partial charge on any atom is -0.481 e. The minimum absolute atomic E-state index is 0.00639. The molecule has 1 heterocycles. The summed E-state index contributed by atoms with van der Waals surface area (Å²) in [6.45, 7) is 1.99. The van der Waals surface area contributed by atoms with Crippen LogP contribution in [0.1, 0.15) is 55.2 Å². The zero-order valence-electron chi connectivity index (χ0n) is 9.62. The highest BCUT2D eigenvalue weighted by molar-refractivity contribution is 5.69. The fourth-order valence-corrected chi connectivity index (χ4v) is 2.54. The zero-order chi connectivity index (χ0) is 11.5. The number of aromatic nitrogens is 2. The number of hydrogen-bond acceptors (Lipinski definition) is 2. The first-order valence-electron chi connectivity index (χ1n) is 5.94. The molecule has 1 aliphatic rings. The molecule has 4 heteroatoms. The summed E-state index contributed by atoms with van der Waals surface area (Å²) in [5.41, 5.74) is 2.14. The van der Waals surface area contributed by atoms with E-state index in [4.69, 9.17) is 5.11 Å². The molecular weight excluding hydrogens is 204 g/mol. The quantitative estimate of drug-likeness (QED) is 0.825. The molecule has 0 amide bonds. The molecule has 1 aromatic rings. The minimum atomic E-state index is -0.830.